The summed E-state index contributed by atoms with van der Waals surface area (Å²) in [5.74, 6) is 1.27. The third-order valence-corrected chi connectivity index (χ3v) is 6.65. The van der Waals surface area contributed by atoms with Crippen LogP contribution in [0.4, 0.5) is 5.82 Å². The van der Waals surface area contributed by atoms with E-state index in [0.717, 1.165) is 32.1 Å². The maximum Gasteiger partial charge on any atom is 0.244 e. The van der Waals surface area contributed by atoms with Gasteiger partial charge in [0.05, 0.1) is 0 Å². The molecule has 1 aromatic rings. The molecule has 0 radical (unpaired) electrons. The number of hydrogen-bond acceptors (Lipinski definition) is 5. The van der Waals surface area contributed by atoms with Gasteiger partial charge in [0, 0.05) is 25.0 Å². The highest BCUT2D eigenvalue weighted by Crippen LogP contribution is 2.22. The smallest absolute Gasteiger partial charge is 0.244 e. The van der Waals surface area contributed by atoms with Gasteiger partial charge in [-0.2, -0.15) is 9.41 Å². The summed E-state index contributed by atoms with van der Waals surface area (Å²) in [6, 6.07) is 3.30. The van der Waals surface area contributed by atoms with Gasteiger partial charge in [0.15, 0.2) is 0 Å². The molecule has 1 aliphatic carbocycles. The van der Waals surface area contributed by atoms with E-state index in [2.05, 4.69) is 22.4 Å². The fraction of sp³-hybridized carbons (Fsp3) is 0.647. The van der Waals surface area contributed by atoms with Crippen LogP contribution in [0, 0.1) is 5.92 Å². The number of hydrogen-bond donors (Lipinski definition) is 1. The normalized spacial score (nSPS) is 24.9. The molecule has 1 N–H and O–H groups in total. The summed E-state index contributed by atoms with van der Waals surface area (Å²) in [5.41, 5.74) is 4.13. The van der Waals surface area contributed by atoms with Gasteiger partial charge in [-0.25, -0.2) is 13.4 Å². The van der Waals surface area contributed by atoms with E-state index >= 15 is 0 Å². The standard InChI is InChI=1S/C17H26N4O2S/c1-14-6-5-7-15(12-14)19-20-17-9-8-16(13-18-17)24(22,23)21-10-3-2-4-11-21/h8-9,13-14H,2-7,10-12H2,1H3,(H,18,20)/b19-15-. The summed E-state index contributed by atoms with van der Waals surface area (Å²) >= 11 is 0. The van der Waals surface area contributed by atoms with Crippen molar-refractivity contribution in [1.82, 2.24) is 9.29 Å². The molecular weight excluding hydrogens is 324 g/mol. The Kier molecular flexibility index (Phi) is 5.50. The van der Waals surface area contributed by atoms with Gasteiger partial charge in [-0.1, -0.05) is 13.3 Å². The van der Waals surface area contributed by atoms with Crippen LogP contribution in [-0.4, -0.2) is 36.5 Å². The van der Waals surface area contributed by atoms with Gasteiger partial charge >= 0.3 is 0 Å². The number of sulfonamides is 1. The quantitative estimate of drug-likeness (QED) is 0.846. The summed E-state index contributed by atoms with van der Waals surface area (Å²) < 4.78 is 26.7. The van der Waals surface area contributed by atoms with Gasteiger partial charge in [0.25, 0.3) is 0 Å². The highest BCUT2D eigenvalue weighted by molar-refractivity contribution is 7.89. The number of piperidine rings is 1. The maximum atomic E-state index is 12.6. The predicted octanol–water partition coefficient (Wildman–Crippen LogP) is 3.23. The number of pyridine rings is 1. The second kappa shape index (κ2) is 7.61. The molecule has 0 amide bonds. The first-order chi connectivity index (χ1) is 11.6. The van der Waals surface area contributed by atoms with E-state index in [1.807, 2.05) is 0 Å². The lowest BCUT2D eigenvalue weighted by molar-refractivity contribution is 0.346. The number of hydrazone groups is 1. The Morgan fingerprint density at radius 1 is 1.21 bits per heavy atom. The molecule has 6 nitrogen and oxygen atoms in total. The van der Waals surface area contributed by atoms with Crippen LogP contribution in [0.15, 0.2) is 28.3 Å². The largest absolute Gasteiger partial charge is 0.261 e. The minimum Gasteiger partial charge on any atom is -0.261 e. The molecule has 1 saturated heterocycles. The van der Waals surface area contributed by atoms with Crippen LogP contribution in [-0.2, 0) is 10.0 Å². The van der Waals surface area contributed by atoms with Crippen molar-refractivity contribution in [3.63, 3.8) is 0 Å². The average molecular weight is 350 g/mol. The Morgan fingerprint density at radius 2 is 2.00 bits per heavy atom. The molecule has 1 aromatic heterocycles. The summed E-state index contributed by atoms with van der Waals surface area (Å²) in [6.45, 7) is 3.45. The lowest BCUT2D eigenvalue weighted by atomic mass is 9.89. The monoisotopic (exact) mass is 350 g/mol. The number of aromatic nitrogens is 1. The van der Waals surface area contributed by atoms with E-state index in [0.29, 0.717) is 24.8 Å². The van der Waals surface area contributed by atoms with E-state index in [-0.39, 0.29) is 4.90 Å². The average Bonchev–Trinajstić information content (AvgIpc) is 2.61. The summed E-state index contributed by atoms with van der Waals surface area (Å²) in [5, 5.41) is 4.43. The molecule has 24 heavy (non-hydrogen) atoms. The SMILES string of the molecule is CC1CCC/C(=N/Nc2ccc(S(=O)(=O)N3CCCCC3)cn2)C1. The maximum absolute atomic E-state index is 12.6. The van der Waals surface area contributed by atoms with Crippen LogP contribution < -0.4 is 5.43 Å². The molecule has 1 saturated carbocycles. The first-order valence-corrected chi connectivity index (χ1v) is 10.3. The number of nitrogens with zero attached hydrogens (tertiary/aromatic N) is 3. The molecular formula is C17H26N4O2S. The zero-order valence-electron chi connectivity index (χ0n) is 14.2. The molecule has 0 aromatic carbocycles. The zero-order chi connectivity index (χ0) is 17.0. The third kappa shape index (κ3) is 4.13. The molecule has 2 fully saturated rings. The third-order valence-electron chi connectivity index (χ3n) is 4.76. The first kappa shape index (κ1) is 17.4. The van der Waals surface area contributed by atoms with Crippen molar-refractivity contribution in [2.45, 2.75) is 56.8 Å². The van der Waals surface area contributed by atoms with Crippen molar-refractivity contribution >= 4 is 21.6 Å². The Hall–Kier alpha value is -1.47. The van der Waals surface area contributed by atoms with Crippen molar-refractivity contribution in [3.05, 3.63) is 18.3 Å². The fourth-order valence-corrected chi connectivity index (χ4v) is 4.82. The number of rotatable bonds is 4. The highest BCUT2D eigenvalue weighted by Gasteiger charge is 2.26. The van der Waals surface area contributed by atoms with E-state index in [1.54, 1.807) is 16.4 Å². The van der Waals surface area contributed by atoms with Crippen molar-refractivity contribution in [1.29, 1.82) is 0 Å². The number of nitrogens with one attached hydrogen (secondary N) is 1. The van der Waals surface area contributed by atoms with Gasteiger partial charge in [-0.15, -0.1) is 0 Å². The highest BCUT2D eigenvalue weighted by atomic mass is 32.2. The van der Waals surface area contributed by atoms with Crippen LogP contribution in [0.25, 0.3) is 0 Å². The first-order valence-electron chi connectivity index (χ1n) is 8.83. The topological polar surface area (TPSA) is 74.7 Å². The van der Waals surface area contributed by atoms with E-state index < -0.39 is 10.0 Å². The van der Waals surface area contributed by atoms with Crippen LogP contribution in [0.5, 0.6) is 0 Å². The summed E-state index contributed by atoms with van der Waals surface area (Å²) in [6.07, 6.45) is 8.89. The fourth-order valence-electron chi connectivity index (χ4n) is 3.35. The lowest BCUT2D eigenvalue weighted by Gasteiger charge is -2.25. The molecule has 132 valence electrons. The van der Waals surface area contributed by atoms with Crippen molar-refractivity contribution in [2.75, 3.05) is 18.5 Å². The zero-order valence-corrected chi connectivity index (χ0v) is 15.1. The molecule has 2 heterocycles. The second-order valence-corrected chi connectivity index (χ2v) is 8.77. The van der Waals surface area contributed by atoms with Gasteiger partial charge in [-0.3, -0.25) is 5.43 Å². The van der Waals surface area contributed by atoms with Crippen LogP contribution in [0.1, 0.15) is 51.9 Å². The van der Waals surface area contributed by atoms with Gasteiger partial charge in [0.1, 0.15) is 10.7 Å². The number of anilines is 1. The molecule has 1 atom stereocenters. The van der Waals surface area contributed by atoms with Crippen molar-refractivity contribution in [3.8, 4) is 0 Å². The van der Waals surface area contributed by atoms with E-state index in [9.17, 15) is 8.42 Å². The molecule has 0 spiro atoms. The Balaban J connectivity index is 1.65. The molecule has 2 aliphatic rings. The predicted molar refractivity (Wildman–Crippen MR) is 95.5 cm³/mol. The van der Waals surface area contributed by atoms with E-state index in [4.69, 9.17) is 0 Å². The molecule has 0 bridgehead atoms. The molecule has 3 rings (SSSR count). The Morgan fingerprint density at radius 3 is 2.67 bits per heavy atom. The lowest BCUT2D eigenvalue weighted by Crippen LogP contribution is -2.35. The Labute approximate surface area is 144 Å². The van der Waals surface area contributed by atoms with Gasteiger partial charge in [-0.05, 0) is 56.6 Å². The van der Waals surface area contributed by atoms with Crippen molar-refractivity contribution in [2.24, 2.45) is 11.0 Å². The van der Waals surface area contributed by atoms with Crippen LogP contribution in [0.2, 0.25) is 0 Å². The summed E-state index contributed by atoms with van der Waals surface area (Å²) in [4.78, 5) is 4.48. The van der Waals surface area contributed by atoms with E-state index in [1.165, 1.54) is 24.8 Å². The minimum atomic E-state index is -3.41. The van der Waals surface area contributed by atoms with Crippen LogP contribution in [0.3, 0.4) is 0 Å². The molecule has 1 unspecified atom stereocenters. The molecule has 7 heteroatoms. The summed E-state index contributed by atoms with van der Waals surface area (Å²) in [7, 11) is -3.41. The molecule has 1 aliphatic heterocycles. The van der Waals surface area contributed by atoms with Crippen molar-refractivity contribution < 1.29 is 8.42 Å². The Bertz CT molecular complexity index is 679. The van der Waals surface area contributed by atoms with Gasteiger partial charge in [0.2, 0.25) is 10.0 Å². The van der Waals surface area contributed by atoms with Gasteiger partial charge < -0.3 is 0 Å². The second-order valence-electron chi connectivity index (χ2n) is 6.84. The minimum absolute atomic E-state index is 0.258. The van der Waals surface area contributed by atoms with Crippen LogP contribution >= 0.6 is 0 Å².